The Morgan fingerprint density at radius 3 is 2.30 bits per heavy atom. The van der Waals surface area contributed by atoms with Crippen LogP contribution in [0.4, 0.5) is 4.39 Å². The first-order valence-corrected chi connectivity index (χ1v) is 7.34. The van der Waals surface area contributed by atoms with E-state index in [0.717, 1.165) is 11.1 Å². The van der Waals surface area contributed by atoms with Crippen LogP contribution in [-0.4, -0.2) is 26.7 Å². The quantitative estimate of drug-likeness (QED) is 0.854. The number of amides is 1. The predicted molar refractivity (Wildman–Crippen MR) is 86.4 cm³/mol. The standard InChI is InChI=1S/C18H20FNO3/c1-22-16-8-5-14(11-17(16)23-2)9-10-20-18(21)12-13-3-6-15(19)7-4-13/h3-8,11H,9-10,12H2,1-2H3,(H,20,21). The lowest BCUT2D eigenvalue weighted by atomic mass is 10.1. The molecule has 0 atom stereocenters. The summed E-state index contributed by atoms with van der Waals surface area (Å²) in [5.41, 5.74) is 1.83. The van der Waals surface area contributed by atoms with Crippen LogP contribution in [-0.2, 0) is 17.6 Å². The van der Waals surface area contributed by atoms with Gasteiger partial charge in [-0.1, -0.05) is 18.2 Å². The van der Waals surface area contributed by atoms with E-state index in [1.807, 2.05) is 18.2 Å². The van der Waals surface area contributed by atoms with Gasteiger partial charge in [0, 0.05) is 6.54 Å². The van der Waals surface area contributed by atoms with Gasteiger partial charge in [0.15, 0.2) is 11.5 Å². The van der Waals surface area contributed by atoms with E-state index < -0.39 is 0 Å². The Morgan fingerprint density at radius 1 is 1.00 bits per heavy atom. The first kappa shape index (κ1) is 16.8. The van der Waals surface area contributed by atoms with Gasteiger partial charge >= 0.3 is 0 Å². The summed E-state index contributed by atoms with van der Waals surface area (Å²) in [6.07, 6.45) is 0.932. The van der Waals surface area contributed by atoms with Crippen molar-refractivity contribution in [2.24, 2.45) is 0 Å². The summed E-state index contributed by atoms with van der Waals surface area (Å²) >= 11 is 0. The van der Waals surface area contributed by atoms with Crippen LogP contribution in [0.5, 0.6) is 11.5 Å². The number of carbonyl (C=O) groups excluding carboxylic acids is 1. The molecule has 2 aromatic rings. The Labute approximate surface area is 135 Å². The third kappa shape index (κ3) is 4.98. The number of carbonyl (C=O) groups is 1. The van der Waals surface area contributed by atoms with Crippen molar-refractivity contribution < 1.29 is 18.7 Å². The molecule has 0 saturated heterocycles. The maximum absolute atomic E-state index is 12.8. The maximum Gasteiger partial charge on any atom is 0.224 e. The second-order valence-electron chi connectivity index (χ2n) is 5.09. The minimum Gasteiger partial charge on any atom is -0.493 e. The molecule has 0 unspecified atom stereocenters. The van der Waals surface area contributed by atoms with Gasteiger partial charge in [0.25, 0.3) is 0 Å². The van der Waals surface area contributed by atoms with Gasteiger partial charge in [0.1, 0.15) is 5.82 Å². The number of hydrogen-bond donors (Lipinski definition) is 1. The van der Waals surface area contributed by atoms with Crippen LogP contribution in [0.25, 0.3) is 0 Å². The molecule has 0 aliphatic rings. The summed E-state index contributed by atoms with van der Waals surface area (Å²) in [6, 6.07) is 11.6. The van der Waals surface area contributed by atoms with Crippen molar-refractivity contribution in [3.05, 3.63) is 59.4 Å². The zero-order chi connectivity index (χ0) is 16.7. The first-order valence-electron chi connectivity index (χ1n) is 7.34. The Bertz CT molecular complexity index is 656. The number of benzene rings is 2. The molecule has 0 fully saturated rings. The minimum absolute atomic E-state index is 0.0860. The molecule has 0 heterocycles. The van der Waals surface area contributed by atoms with Crippen LogP contribution in [0, 0.1) is 5.82 Å². The van der Waals surface area contributed by atoms with Crippen LogP contribution in [0.1, 0.15) is 11.1 Å². The maximum atomic E-state index is 12.8. The molecule has 1 amide bonds. The molecule has 0 aliphatic carbocycles. The van der Waals surface area contributed by atoms with Crippen molar-refractivity contribution >= 4 is 5.91 Å². The molecule has 0 aromatic heterocycles. The highest BCUT2D eigenvalue weighted by Gasteiger charge is 2.06. The van der Waals surface area contributed by atoms with Crippen molar-refractivity contribution in [3.8, 4) is 11.5 Å². The van der Waals surface area contributed by atoms with Crippen molar-refractivity contribution in [2.45, 2.75) is 12.8 Å². The molecule has 0 spiro atoms. The smallest absolute Gasteiger partial charge is 0.224 e. The molecule has 23 heavy (non-hydrogen) atoms. The van der Waals surface area contributed by atoms with E-state index in [1.54, 1.807) is 26.4 Å². The summed E-state index contributed by atoms with van der Waals surface area (Å²) in [6.45, 7) is 0.523. The van der Waals surface area contributed by atoms with E-state index in [9.17, 15) is 9.18 Å². The fourth-order valence-electron chi connectivity index (χ4n) is 2.23. The van der Waals surface area contributed by atoms with Gasteiger partial charge in [-0.2, -0.15) is 0 Å². The zero-order valence-electron chi connectivity index (χ0n) is 13.3. The van der Waals surface area contributed by atoms with Crippen LogP contribution >= 0.6 is 0 Å². The molecular formula is C18H20FNO3. The Morgan fingerprint density at radius 2 is 1.65 bits per heavy atom. The number of halogens is 1. The van der Waals surface area contributed by atoms with Crippen molar-refractivity contribution in [2.75, 3.05) is 20.8 Å². The topological polar surface area (TPSA) is 47.6 Å². The zero-order valence-corrected chi connectivity index (χ0v) is 13.3. The van der Waals surface area contributed by atoms with Gasteiger partial charge in [-0.3, -0.25) is 4.79 Å². The first-order chi connectivity index (χ1) is 11.1. The predicted octanol–water partition coefficient (Wildman–Crippen LogP) is 2.74. The number of rotatable bonds is 7. The van der Waals surface area contributed by atoms with Gasteiger partial charge in [-0.25, -0.2) is 4.39 Å². The van der Waals surface area contributed by atoms with E-state index in [4.69, 9.17) is 9.47 Å². The third-order valence-electron chi connectivity index (χ3n) is 3.46. The Kier molecular flexibility index (Phi) is 5.97. The van der Waals surface area contributed by atoms with E-state index in [1.165, 1.54) is 12.1 Å². The second-order valence-corrected chi connectivity index (χ2v) is 5.09. The Hall–Kier alpha value is -2.56. The molecule has 1 N–H and O–H groups in total. The average Bonchev–Trinajstić information content (AvgIpc) is 2.56. The van der Waals surface area contributed by atoms with Crippen LogP contribution in [0.15, 0.2) is 42.5 Å². The van der Waals surface area contributed by atoms with Crippen molar-refractivity contribution in [3.63, 3.8) is 0 Å². The van der Waals surface area contributed by atoms with E-state index in [0.29, 0.717) is 24.5 Å². The largest absolute Gasteiger partial charge is 0.493 e. The van der Waals surface area contributed by atoms with Gasteiger partial charge < -0.3 is 14.8 Å². The van der Waals surface area contributed by atoms with Gasteiger partial charge in [0.05, 0.1) is 20.6 Å². The number of hydrogen-bond acceptors (Lipinski definition) is 3. The van der Waals surface area contributed by atoms with E-state index in [-0.39, 0.29) is 18.1 Å². The van der Waals surface area contributed by atoms with E-state index >= 15 is 0 Å². The lowest BCUT2D eigenvalue weighted by Gasteiger charge is -2.10. The molecule has 0 saturated carbocycles. The summed E-state index contributed by atoms with van der Waals surface area (Å²) in [4.78, 5) is 11.9. The van der Waals surface area contributed by atoms with Crippen LogP contribution in [0.3, 0.4) is 0 Å². The second kappa shape index (κ2) is 8.17. The van der Waals surface area contributed by atoms with Gasteiger partial charge in [-0.05, 0) is 41.8 Å². The number of nitrogens with one attached hydrogen (secondary N) is 1. The highest BCUT2D eigenvalue weighted by atomic mass is 19.1. The molecule has 2 rings (SSSR count). The SMILES string of the molecule is COc1ccc(CCNC(=O)Cc2ccc(F)cc2)cc1OC. The molecule has 0 radical (unpaired) electrons. The fourth-order valence-corrected chi connectivity index (χ4v) is 2.23. The molecule has 0 aliphatic heterocycles. The summed E-state index contributed by atoms with van der Waals surface area (Å²) in [5.74, 6) is 0.957. The monoisotopic (exact) mass is 317 g/mol. The van der Waals surface area contributed by atoms with Gasteiger partial charge in [-0.15, -0.1) is 0 Å². The summed E-state index contributed by atoms with van der Waals surface area (Å²) in [5, 5.41) is 2.86. The number of methoxy groups -OCH3 is 2. The van der Waals surface area contributed by atoms with Crippen molar-refractivity contribution in [1.29, 1.82) is 0 Å². The van der Waals surface area contributed by atoms with Gasteiger partial charge in [0.2, 0.25) is 5.91 Å². The lowest BCUT2D eigenvalue weighted by molar-refractivity contribution is -0.120. The summed E-state index contributed by atoms with van der Waals surface area (Å²) in [7, 11) is 3.18. The van der Waals surface area contributed by atoms with Crippen molar-refractivity contribution in [1.82, 2.24) is 5.32 Å². The molecular weight excluding hydrogens is 297 g/mol. The normalized spacial score (nSPS) is 10.2. The van der Waals surface area contributed by atoms with Crippen LogP contribution < -0.4 is 14.8 Å². The molecule has 0 bridgehead atoms. The Balaban J connectivity index is 1.82. The van der Waals surface area contributed by atoms with E-state index in [2.05, 4.69) is 5.32 Å². The highest BCUT2D eigenvalue weighted by molar-refractivity contribution is 5.78. The lowest BCUT2D eigenvalue weighted by Crippen LogP contribution is -2.27. The minimum atomic E-state index is -0.303. The van der Waals surface area contributed by atoms with Crippen LogP contribution in [0.2, 0.25) is 0 Å². The summed E-state index contributed by atoms with van der Waals surface area (Å²) < 4.78 is 23.2. The number of ether oxygens (including phenoxy) is 2. The molecule has 5 heteroatoms. The third-order valence-corrected chi connectivity index (χ3v) is 3.46. The average molecular weight is 317 g/mol. The fraction of sp³-hybridized carbons (Fsp3) is 0.278. The molecule has 122 valence electrons. The highest BCUT2D eigenvalue weighted by Crippen LogP contribution is 2.27. The molecule has 2 aromatic carbocycles. The molecule has 4 nitrogen and oxygen atoms in total.